The summed E-state index contributed by atoms with van der Waals surface area (Å²) in [7, 11) is 0. The second-order valence-corrected chi connectivity index (χ2v) is 6.32. The van der Waals surface area contributed by atoms with Crippen LogP contribution in [-0.4, -0.2) is 34.5 Å². The van der Waals surface area contributed by atoms with Gasteiger partial charge in [-0.25, -0.2) is 4.79 Å². The number of hydrogen-bond acceptors (Lipinski definition) is 3. The maximum absolute atomic E-state index is 12.0. The second-order valence-electron chi connectivity index (χ2n) is 6.32. The molecule has 0 aliphatic carbocycles. The third-order valence-electron chi connectivity index (χ3n) is 3.04. The number of aliphatic carboxylic acids is 1. The van der Waals surface area contributed by atoms with Crippen LogP contribution in [0.2, 0.25) is 0 Å². The maximum atomic E-state index is 12.0. The fourth-order valence-corrected chi connectivity index (χ4v) is 1.58. The summed E-state index contributed by atoms with van der Waals surface area (Å²) in [5, 5.41) is 14.3. The molecule has 0 rings (SSSR count). The molecule has 0 saturated heterocycles. The summed E-state index contributed by atoms with van der Waals surface area (Å²) in [6.45, 7) is 10.1. The Bertz CT molecular complexity index is 387. The number of rotatable bonds is 6. The van der Waals surface area contributed by atoms with Crippen LogP contribution in [0.3, 0.4) is 0 Å². The molecule has 0 spiro atoms. The van der Waals surface area contributed by atoms with Crippen LogP contribution in [0.4, 0.5) is 0 Å². The fourth-order valence-electron chi connectivity index (χ4n) is 1.58. The first kappa shape index (κ1) is 18.4. The van der Waals surface area contributed by atoms with E-state index in [-0.39, 0.29) is 5.91 Å². The molecule has 6 nitrogen and oxygen atoms in total. The summed E-state index contributed by atoms with van der Waals surface area (Å²) >= 11 is 0. The second kappa shape index (κ2) is 6.72. The Morgan fingerprint density at radius 3 is 2.00 bits per heavy atom. The standard InChI is InChI=1S/C14H26N2O4/c1-7-8-14(6,12(19)20)16-10(17)9(2)15-11(18)13(3,4)5/h9H,7-8H2,1-6H3,(H,15,18)(H,16,17)(H,19,20). The van der Waals surface area contributed by atoms with E-state index in [4.69, 9.17) is 0 Å². The van der Waals surface area contributed by atoms with Crippen molar-refractivity contribution in [3.8, 4) is 0 Å². The van der Waals surface area contributed by atoms with Crippen molar-refractivity contribution in [1.82, 2.24) is 10.6 Å². The van der Waals surface area contributed by atoms with Crippen LogP contribution >= 0.6 is 0 Å². The molecule has 116 valence electrons. The van der Waals surface area contributed by atoms with Gasteiger partial charge in [-0.3, -0.25) is 9.59 Å². The maximum Gasteiger partial charge on any atom is 0.329 e. The molecule has 0 aromatic heterocycles. The highest BCUT2D eigenvalue weighted by Gasteiger charge is 2.35. The average molecular weight is 286 g/mol. The van der Waals surface area contributed by atoms with Crippen LogP contribution in [0.25, 0.3) is 0 Å². The van der Waals surface area contributed by atoms with E-state index in [2.05, 4.69) is 10.6 Å². The predicted octanol–water partition coefficient (Wildman–Crippen LogP) is 1.30. The van der Waals surface area contributed by atoms with E-state index in [1.54, 1.807) is 20.8 Å². The molecule has 3 N–H and O–H groups in total. The summed E-state index contributed by atoms with van der Waals surface area (Å²) in [6, 6.07) is -0.780. The Kier molecular flexibility index (Phi) is 6.19. The number of amides is 2. The molecule has 0 radical (unpaired) electrons. The minimum atomic E-state index is -1.31. The average Bonchev–Trinajstić information content (AvgIpc) is 2.27. The van der Waals surface area contributed by atoms with Crippen molar-refractivity contribution >= 4 is 17.8 Å². The van der Waals surface area contributed by atoms with Gasteiger partial charge in [0.1, 0.15) is 11.6 Å². The van der Waals surface area contributed by atoms with Crippen molar-refractivity contribution in [2.75, 3.05) is 0 Å². The van der Waals surface area contributed by atoms with Crippen LogP contribution < -0.4 is 10.6 Å². The quantitative estimate of drug-likeness (QED) is 0.685. The first-order chi connectivity index (χ1) is 8.94. The number of carboxylic acid groups (broad SMARTS) is 1. The Morgan fingerprint density at radius 1 is 1.15 bits per heavy atom. The molecule has 0 aromatic carbocycles. The minimum Gasteiger partial charge on any atom is -0.480 e. The molecule has 0 aliphatic rings. The van der Waals surface area contributed by atoms with Gasteiger partial charge < -0.3 is 15.7 Å². The Hall–Kier alpha value is -1.59. The van der Waals surface area contributed by atoms with Gasteiger partial charge in [0.15, 0.2) is 0 Å². The van der Waals surface area contributed by atoms with Gasteiger partial charge in [-0.2, -0.15) is 0 Å². The highest BCUT2D eigenvalue weighted by atomic mass is 16.4. The first-order valence-electron chi connectivity index (χ1n) is 6.80. The number of hydrogen-bond donors (Lipinski definition) is 3. The first-order valence-corrected chi connectivity index (χ1v) is 6.80. The fraction of sp³-hybridized carbons (Fsp3) is 0.786. The van der Waals surface area contributed by atoms with E-state index in [0.29, 0.717) is 12.8 Å². The topological polar surface area (TPSA) is 95.5 Å². The molecule has 2 amide bonds. The van der Waals surface area contributed by atoms with Gasteiger partial charge in [0.05, 0.1) is 0 Å². The third-order valence-corrected chi connectivity index (χ3v) is 3.04. The number of nitrogens with one attached hydrogen (secondary N) is 2. The zero-order chi connectivity index (χ0) is 16.1. The van der Waals surface area contributed by atoms with Gasteiger partial charge in [-0.15, -0.1) is 0 Å². The summed E-state index contributed by atoms with van der Waals surface area (Å²) in [4.78, 5) is 35.1. The molecule has 20 heavy (non-hydrogen) atoms. The molecule has 0 saturated carbocycles. The highest BCUT2D eigenvalue weighted by molar-refractivity contribution is 5.92. The molecule has 0 aromatic rings. The molecule has 2 unspecified atom stereocenters. The SMILES string of the molecule is CCCC(C)(NC(=O)C(C)NC(=O)C(C)(C)C)C(=O)O. The number of carbonyl (C=O) groups excluding carboxylic acids is 2. The zero-order valence-corrected chi connectivity index (χ0v) is 13.2. The largest absolute Gasteiger partial charge is 0.480 e. The van der Waals surface area contributed by atoms with Gasteiger partial charge in [0.2, 0.25) is 11.8 Å². The lowest BCUT2D eigenvalue weighted by Gasteiger charge is -2.28. The van der Waals surface area contributed by atoms with Crippen molar-refractivity contribution in [3.63, 3.8) is 0 Å². The molecule has 6 heteroatoms. The van der Waals surface area contributed by atoms with Crippen molar-refractivity contribution < 1.29 is 19.5 Å². The van der Waals surface area contributed by atoms with Gasteiger partial charge in [-0.05, 0) is 20.3 Å². The van der Waals surface area contributed by atoms with Crippen molar-refractivity contribution in [1.29, 1.82) is 0 Å². The predicted molar refractivity (Wildman–Crippen MR) is 76.2 cm³/mol. The van der Waals surface area contributed by atoms with E-state index >= 15 is 0 Å². The van der Waals surface area contributed by atoms with Crippen molar-refractivity contribution in [3.05, 3.63) is 0 Å². The lowest BCUT2D eigenvalue weighted by molar-refractivity contribution is -0.147. The lowest BCUT2D eigenvalue weighted by Crippen LogP contribution is -2.57. The normalized spacial score (nSPS) is 15.9. The summed E-state index contributed by atoms with van der Waals surface area (Å²) < 4.78 is 0. The van der Waals surface area contributed by atoms with Crippen molar-refractivity contribution in [2.24, 2.45) is 5.41 Å². The molecular weight excluding hydrogens is 260 g/mol. The molecule has 0 bridgehead atoms. The van der Waals surface area contributed by atoms with E-state index in [9.17, 15) is 19.5 Å². The van der Waals surface area contributed by atoms with Crippen LogP contribution in [0.1, 0.15) is 54.4 Å². The molecule has 2 atom stereocenters. The van der Waals surface area contributed by atoms with Crippen LogP contribution in [0, 0.1) is 5.41 Å². The molecular formula is C14H26N2O4. The van der Waals surface area contributed by atoms with E-state index in [0.717, 1.165) is 0 Å². The van der Waals surface area contributed by atoms with Gasteiger partial charge in [0, 0.05) is 5.41 Å². The molecule has 0 aliphatic heterocycles. The Labute approximate surface area is 120 Å². The minimum absolute atomic E-state index is 0.257. The summed E-state index contributed by atoms with van der Waals surface area (Å²) in [5.74, 6) is -1.84. The van der Waals surface area contributed by atoms with Gasteiger partial charge in [0.25, 0.3) is 0 Å². The molecule has 0 fully saturated rings. The summed E-state index contributed by atoms with van der Waals surface area (Å²) in [6.07, 6.45) is 0.958. The molecule has 0 heterocycles. The van der Waals surface area contributed by atoms with Gasteiger partial charge in [-0.1, -0.05) is 34.1 Å². The smallest absolute Gasteiger partial charge is 0.329 e. The third kappa shape index (κ3) is 5.19. The number of carbonyl (C=O) groups is 3. The lowest BCUT2D eigenvalue weighted by atomic mass is 9.94. The van der Waals surface area contributed by atoms with Crippen LogP contribution in [0.15, 0.2) is 0 Å². The van der Waals surface area contributed by atoms with E-state index in [1.807, 2.05) is 6.92 Å². The van der Waals surface area contributed by atoms with Crippen molar-refractivity contribution in [2.45, 2.75) is 66.0 Å². The van der Waals surface area contributed by atoms with Crippen LogP contribution in [-0.2, 0) is 14.4 Å². The Balaban J connectivity index is 4.75. The van der Waals surface area contributed by atoms with Gasteiger partial charge >= 0.3 is 5.97 Å². The zero-order valence-electron chi connectivity index (χ0n) is 13.2. The number of carboxylic acids is 1. The Morgan fingerprint density at radius 2 is 1.65 bits per heavy atom. The highest BCUT2D eigenvalue weighted by Crippen LogP contribution is 2.14. The summed E-state index contributed by atoms with van der Waals surface area (Å²) in [5.41, 5.74) is -1.92. The monoisotopic (exact) mass is 286 g/mol. The van der Waals surface area contributed by atoms with E-state index < -0.39 is 28.9 Å². The van der Waals surface area contributed by atoms with Crippen LogP contribution in [0.5, 0.6) is 0 Å². The van der Waals surface area contributed by atoms with E-state index in [1.165, 1.54) is 13.8 Å².